The predicted octanol–water partition coefficient (Wildman–Crippen LogP) is -0.951. The van der Waals surface area contributed by atoms with Gasteiger partial charge in [0.15, 0.2) is 0 Å². The summed E-state index contributed by atoms with van der Waals surface area (Å²) in [5, 5.41) is 0. The highest BCUT2D eigenvalue weighted by Gasteiger charge is 2.18. The minimum atomic E-state index is -3.63. The van der Waals surface area contributed by atoms with Crippen molar-refractivity contribution in [3.05, 3.63) is 18.0 Å². The lowest BCUT2D eigenvalue weighted by Crippen LogP contribution is -2.26. The fourth-order valence-corrected chi connectivity index (χ4v) is 2.37. The Hall–Kier alpha value is -1.38. The molecule has 7 nitrogen and oxygen atoms in total. The Morgan fingerprint density at radius 3 is 2.71 bits per heavy atom. The molecule has 8 heteroatoms. The molecule has 17 heavy (non-hydrogen) atoms. The van der Waals surface area contributed by atoms with Crippen molar-refractivity contribution in [2.75, 3.05) is 20.3 Å². The minimum absolute atomic E-state index is 0.00454. The molecule has 1 rings (SSSR count). The maximum Gasteiger partial charge on any atom is 0.265 e. The SMILES string of the molecule is COCCNS(=O)(=O)c1cc(C(N)=O)n(C)c1. The number of nitrogens with one attached hydrogen (secondary N) is 1. The Labute approximate surface area is 99.6 Å². The maximum atomic E-state index is 11.8. The third-order valence-electron chi connectivity index (χ3n) is 2.14. The summed E-state index contributed by atoms with van der Waals surface area (Å²) in [7, 11) is -0.602. The van der Waals surface area contributed by atoms with E-state index in [2.05, 4.69) is 4.72 Å². The summed E-state index contributed by atoms with van der Waals surface area (Å²) in [6, 6.07) is 1.23. The second-order valence-electron chi connectivity index (χ2n) is 3.43. The van der Waals surface area contributed by atoms with Crippen LogP contribution < -0.4 is 10.5 Å². The normalized spacial score (nSPS) is 11.6. The van der Waals surface area contributed by atoms with E-state index in [0.29, 0.717) is 0 Å². The molecule has 1 heterocycles. The third kappa shape index (κ3) is 3.29. The third-order valence-corrected chi connectivity index (χ3v) is 3.57. The monoisotopic (exact) mass is 261 g/mol. The van der Waals surface area contributed by atoms with Gasteiger partial charge in [-0.1, -0.05) is 0 Å². The minimum Gasteiger partial charge on any atom is -0.383 e. The van der Waals surface area contributed by atoms with Gasteiger partial charge in [-0.2, -0.15) is 0 Å². The molecule has 0 spiro atoms. The van der Waals surface area contributed by atoms with Crippen molar-refractivity contribution < 1.29 is 17.9 Å². The summed E-state index contributed by atoms with van der Waals surface area (Å²) in [6.07, 6.45) is 1.33. The van der Waals surface area contributed by atoms with Gasteiger partial charge in [-0.05, 0) is 6.07 Å². The Morgan fingerprint density at radius 1 is 1.59 bits per heavy atom. The second kappa shape index (κ2) is 5.30. The van der Waals surface area contributed by atoms with Crippen LogP contribution in [0.2, 0.25) is 0 Å². The molecule has 0 fully saturated rings. The summed E-state index contributed by atoms with van der Waals surface area (Å²) in [5.74, 6) is -0.675. The number of aryl methyl sites for hydroxylation is 1. The van der Waals surface area contributed by atoms with Gasteiger partial charge in [-0.25, -0.2) is 13.1 Å². The zero-order valence-corrected chi connectivity index (χ0v) is 10.5. The number of carbonyl (C=O) groups excluding carboxylic acids is 1. The molecule has 0 aliphatic rings. The van der Waals surface area contributed by atoms with E-state index in [9.17, 15) is 13.2 Å². The van der Waals surface area contributed by atoms with Crippen LogP contribution in [0.1, 0.15) is 10.5 Å². The van der Waals surface area contributed by atoms with Crippen LogP contribution in [0.25, 0.3) is 0 Å². The number of nitrogens with zero attached hydrogens (tertiary/aromatic N) is 1. The summed E-state index contributed by atoms with van der Waals surface area (Å²) < 4.78 is 32.0. The van der Waals surface area contributed by atoms with Gasteiger partial charge in [0.05, 0.1) is 6.61 Å². The quantitative estimate of drug-likeness (QED) is 0.644. The van der Waals surface area contributed by atoms with E-state index in [1.54, 1.807) is 7.05 Å². The number of methoxy groups -OCH3 is 1. The van der Waals surface area contributed by atoms with Crippen LogP contribution in [0.15, 0.2) is 17.2 Å². The Kier molecular flexibility index (Phi) is 4.27. The molecule has 0 aliphatic carbocycles. The number of ether oxygens (including phenoxy) is 1. The molecule has 0 unspecified atom stereocenters. The molecular weight excluding hydrogens is 246 g/mol. The molecular formula is C9H15N3O4S. The molecule has 96 valence electrons. The smallest absolute Gasteiger partial charge is 0.265 e. The zero-order valence-electron chi connectivity index (χ0n) is 9.63. The first-order valence-electron chi connectivity index (χ1n) is 4.83. The van der Waals surface area contributed by atoms with Gasteiger partial charge in [0.25, 0.3) is 5.91 Å². The second-order valence-corrected chi connectivity index (χ2v) is 5.19. The van der Waals surface area contributed by atoms with Gasteiger partial charge in [0.2, 0.25) is 10.0 Å². The largest absolute Gasteiger partial charge is 0.383 e. The fraction of sp³-hybridized carbons (Fsp3) is 0.444. The van der Waals surface area contributed by atoms with E-state index < -0.39 is 15.9 Å². The lowest BCUT2D eigenvalue weighted by atomic mass is 10.4. The van der Waals surface area contributed by atoms with E-state index >= 15 is 0 Å². The summed E-state index contributed by atoms with van der Waals surface area (Å²) >= 11 is 0. The van der Waals surface area contributed by atoms with Crippen LogP contribution in [0.3, 0.4) is 0 Å². The van der Waals surface area contributed by atoms with Crippen LogP contribution in [-0.4, -0.2) is 39.2 Å². The average molecular weight is 261 g/mol. The molecule has 0 aromatic carbocycles. The predicted molar refractivity (Wildman–Crippen MR) is 61.0 cm³/mol. The van der Waals surface area contributed by atoms with Gasteiger partial charge < -0.3 is 15.0 Å². The molecule has 1 amide bonds. The first-order valence-corrected chi connectivity index (χ1v) is 6.31. The van der Waals surface area contributed by atoms with Crippen LogP contribution >= 0.6 is 0 Å². The molecule has 0 saturated carbocycles. The summed E-state index contributed by atoms with van der Waals surface area (Å²) in [4.78, 5) is 11.0. The lowest BCUT2D eigenvalue weighted by Gasteiger charge is -2.03. The molecule has 3 N–H and O–H groups in total. The molecule has 0 radical (unpaired) electrons. The van der Waals surface area contributed by atoms with Crippen LogP contribution in [0.5, 0.6) is 0 Å². The molecule has 1 aromatic rings. The number of sulfonamides is 1. The van der Waals surface area contributed by atoms with Crippen LogP contribution in [-0.2, 0) is 21.8 Å². The van der Waals surface area contributed by atoms with Gasteiger partial charge in [-0.15, -0.1) is 0 Å². The number of hydrogen-bond donors (Lipinski definition) is 2. The Bertz CT molecular complexity index is 506. The summed E-state index contributed by atoms with van der Waals surface area (Å²) in [5.41, 5.74) is 5.23. The summed E-state index contributed by atoms with van der Waals surface area (Å²) in [6.45, 7) is 0.439. The highest BCUT2D eigenvalue weighted by molar-refractivity contribution is 7.89. The first kappa shape index (κ1) is 13.7. The van der Waals surface area contributed by atoms with Gasteiger partial charge >= 0.3 is 0 Å². The van der Waals surface area contributed by atoms with Gasteiger partial charge in [0.1, 0.15) is 10.6 Å². The zero-order chi connectivity index (χ0) is 13.1. The number of carbonyl (C=O) groups is 1. The lowest BCUT2D eigenvalue weighted by molar-refractivity contribution is 0.0992. The highest BCUT2D eigenvalue weighted by atomic mass is 32.2. The fourth-order valence-electron chi connectivity index (χ4n) is 1.29. The Morgan fingerprint density at radius 2 is 2.24 bits per heavy atom. The molecule has 0 atom stereocenters. The van der Waals surface area contributed by atoms with Crippen molar-refractivity contribution in [2.45, 2.75) is 4.90 Å². The Balaban J connectivity index is 2.92. The number of primary amides is 1. The van der Waals surface area contributed by atoms with E-state index in [0.717, 1.165) is 0 Å². The van der Waals surface area contributed by atoms with Crippen molar-refractivity contribution in [1.29, 1.82) is 0 Å². The topological polar surface area (TPSA) is 103 Å². The number of rotatable bonds is 6. The number of amides is 1. The van der Waals surface area contributed by atoms with Crippen LogP contribution in [0, 0.1) is 0 Å². The molecule has 0 aliphatic heterocycles. The van der Waals surface area contributed by atoms with E-state index in [1.807, 2.05) is 0 Å². The maximum absolute atomic E-state index is 11.8. The highest BCUT2D eigenvalue weighted by Crippen LogP contribution is 2.12. The van der Waals surface area contributed by atoms with Crippen molar-refractivity contribution in [3.8, 4) is 0 Å². The number of nitrogens with two attached hydrogens (primary N) is 1. The number of hydrogen-bond acceptors (Lipinski definition) is 4. The van der Waals surface area contributed by atoms with E-state index in [1.165, 1.54) is 23.9 Å². The van der Waals surface area contributed by atoms with Gasteiger partial charge in [-0.3, -0.25) is 4.79 Å². The molecule has 1 aromatic heterocycles. The van der Waals surface area contributed by atoms with Crippen LogP contribution in [0.4, 0.5) is 0 Å². The first-order chi connectivity index (χ1) is 7.88. The van der Waals surface area contributed by atoms with Crippen molar-refractivity contribution in [3.63, 3.8) is 0 Å². The van der Waals surface area contributed by atoms with Gasteiger partial charge in [0, 0.05) is 26.9 Å². The van der Waals surface area contributed by atoms with E-state index in [4.69, 9.17) is 10.5 Å². The van der Waals surface area contributed by atoms with E-state index in [-0.39, 0.29) is 23.7 Å². The average Bonchev–Trinajstić information content (AvgIpc) is 2.61. The van der Waals surface area contributed by atoms with Crippen molar-refractivity contribution in [2.24, 2.45) is 12.8 Å². The molecule has 0 bridgehead atoms. The standard InChI is InChI=1S/C9H15N3O4S/c1-12-6-7(5-8(12)9(10)13)17(14,15)11-3-4-16-2/h5-6,11H,3-4H2,1-2H3,(H2,10,13). The van der Waals surface area contributed by atoms with Crippen molar-refractivity contribution >= 4 is 15.9 Å². The molecule has 0 saturated heterocycles. The number of aromatic nitrogens is 1. The van der Waals surface area contributed by atoms with Crippen molar-refractivity contribution in [1.82, 2.24) is 9.29 Å².